The van der Waals surface area contributed by atoms with Crippen molar-refractivity contribution in [3.05, 3.63) is 29.3 Å². The number of hydrogen-bond acceptors (Lipinski definition) is 5. The summed E-state index contributed by atoms with van der Waals surface area (Å²) in [5.41, 5.74) is 1.00. The second kappa shape index (κ2) is 8.48. The van der Waals surface area contributed by atoms with Gasteiger partial charge in [-0.3, -0.25) is 4.79 Å². The Kier molecular flexibility index (Phi) is 6.08. The normalized spacial score (nSPS) is 19.9. The molecule has 0 aliphatic carbocycles. The number of likely N-dealkylation sites (N-methyl/N-ethyl adjacent to an activating group) is 1. The fourth-order valence-corrected chi connectivity index (χ4v) is 4.03. The predicted octanol–water partition coefficient (Wildman–Crippen LogP) is -0.463. The van der Waals surface area contributed by atoms with E-state index in [-0.39, 0.29) is 12.5 Å². The minimum atomic E-state index is -0.453. The third-order valence-corrected chi connectivity index (χ3v) is 5.43. The number of piperazine rings is 1. The molecule has 1 aliphatic heterocycles. The van der Waals surface area contributed by atoms with Gasteiger partial charge in [0.25, 0.3) is 5.91 Å². The summed E-state index contributed by atoms with van der Waals surface area (Å²) < 4.78 is 10.6. The van der Waals surface area contributed by atoms with Crippen LogP contribution in [0.5, 0.6) is 0 Å². The number of rotatable bonds is 6. The van der Waals surface area contributed by atoms with Gasteiger partial charge in [0.05, 0.1) is 19.9 Å². The van der Waals surface area contributed by atoms with Crippen molar-refractivity contribution < 1.29 is 28.5 Å². The van der Waals surface area contributed by atoms with E-state index in [1.54, 1.807) is 25.3 Å². The molecule has 2 aromatic heterocycles. The molecule has 3 N–H and O–H groups in total. The van der Waals surface area contributed by atoms with E-state index in [2.05, 4.69) is 12.4 Å². The maximum absolute atomic E-state index is 12.5. The Balaban J connectivity index is 1.74. The molecule has 26 heavy (non-hydrogen) atoms. The summed E-state index contributed by atoms with van der Waals surface area (Å²) in [6.45, 7) is 6.53. The number of quaternary nitrogens is 2. The summed E-state index contributed by atoms with van der Waals surface area (Å²) in [5, 5.41) is 5.23. The molecule has 0 radical (unpaired) electrons. The average Bonchev–Trinajstić information content (AvgIpc) is 3.26. The van der Waals surface area contributed by atoms with Crippen molar-refractivity contribution in [2.45, 2.75) is 6.92 Å². The molecule has 2 aromatic rings. The molecule has 0 atom stereocenters. The van der Waals surface area contributed by atoms with E-state index in [1.165, 1.54) is 21.1 Å². The second-order valence-corrected chi connectivity index (χ2v) is 7.36. The SMILES string of the molecule is CCOC(=O)c1c(-c2ccco2)csc1NC(=O)C[NH+]1CC[NH+](C)CC1. The van der Waals surface area contributed by atoms with Crippen LogP contribution in [0.25, 0.3) is 11.3 Å². The largest absolute Gasteiger partial charge is 0.464 e. The lowest BCUT2D eigenvalue weighted by molar-refractivity contribution is -0.999. The number of anilines is 1. The van der Waals surface area contributed by atoms with Gasteiger partial charge in [-0.1, -0.05) is 0 Å². The van der Waals surface area contributed by atoms with E-state index in [4.69, 9.17) is 9.15 Å². The minimum Gasteiger partial charge on any atom is -0.464 e. The lowest BCUT2D eigenvalue weighted by Gasteiger charge is -2.26. The van der Waals surface area contributed by atoms with Crippen molar-refractivity contribution in [2.75, 3.05) is 51.7 Å². The van der Waals surface area contributed by atoms with Crippen LogP contribution in [0.4, 0.5) is 5.00 Å². The maximum Gasteiger partial charge on any atom is 0.341 e. The van der Waals surface area contributed by atoms with Gasteiger partial charge in [-0.2, -0.15) is 0 Å². The summed E-state index contributed by atoms with van der Waals surface area (Å²) in [4.78, 5) is 27.7. The zero-order chi connectivity index (χ0) is 18.5. The molecular formula is C18H25N3O4S+2. The van der Waals surface area contributed by atoms with Crippen LogP contribution in [-0.2, 0) is 9.53 Å². The molecule has 1 saturated heterocycles. The first-order chi connectivity index (χ1) is 12.6. The Hall–Kier alpha value is -2.16. The van der Waals surface area contributed by atoms with E-state index in [0.29, 0.717) is 28.4 Å². The third kappa shape index (κ3) is 4.32. The van der Waals surface area contributed by atoms with Crippen LogP contribution in [-0.4, -0.2) is 58.3 Å². The van der Waals surface area contributed by atoms with Gasteiger partial charge >= 0.3 is 5.97 Å². The topological polar surface area (TPSA) is 77.4 Å². The van der Waals surface area contributed by atoms with Crippen LogP contribution in [0.2, 0.25) is 0 Å². The number of nitrogens with one attached hydrogen (secondary N) is 3. The number of ether oxygens (including phenoxy) is 1. The fraction of sp³-hybridized carbons (Fsp3) is 0.444. The zero-order valence-corrected chi connectivity index (χ0v) is 15.9. The summed E-state index contributed by atoms with van der Waals surface area (Å²) in [5.74, 6) is 0.0430. The number of carbonyl (C=O) groups is 2. The average molecular weight is 379 g/mol. The molecule has 0 saturated carbocycles. The van der Waals surface area contributed by atoms with Gasteiger partial charge in [0.1, 0.15) is 42.5 Å². The van der Waals surface area contributed by atoms with Gasteiger partial charge in [-0.25, -0.2) is 4.79 Å². The highest BCUT2D eigenvalue weighted by Crippen LogP contribution is 2.36. The molecule has 1 aliphatic rings. The van der Waals surface area contributed by atoms with Gasteiger partial charge in [0.2, 0.25) is 0 Å². The van der Waals surface area contributed by atoms with E-state index in [9.17, 15) is 9.59 Å². The molecule has 0 aromatic carbocycles. The van der Waals surface area contributed by atoms with Crippen molar-refractivity contribution in [3.8, 4) is 11.3 Å². The lowest BCUT2D eigenvalue weighted by atomic mass is 10.1. The number of hydrogen-bond donors (Lipinski definition) is 3. The first kappa shape index (κ1) is 18.6. The molecule has 0 unspecified atom stereocenters. The summed E-state index contributed by atoms with van der Waals surface area (Å²) in [7, 11) is 2.17. The van der Waals surface area contributed by atoms with Crippen LogP contribution in [0, 0.1) is 0 Å². The maximum atomic E-state index is 12.5. The van der Waals surface area contributed by atoms with Gasteiger partial charge in [0.15, 0.2) is 6.54 Å². The summed E-state index contributed by atoms with van der Waals surface area (Å²) in [6.07, 6.45) is 1.55. The molecule has 1 fully saturated rings. The van der Waals surface area contributed by atoms with Crippen LogP contribution < -0.4 is 15.1 Å². The van der Waals surface area contributed by atoms with Crippen LogP contribution in [0.1, 0.15) is 17.3 Å². The molecule has 0 spiro atoms. The van der Waals surface area contributed by atoms with E-state index < -0.39 is 5.97 Å². The number of furan rings is 1. The van der Waals surface area contributed by atoms with E-state index >= 15 is 0 Å². The third-order valence-electron chi connectivity index (χ3n) is 4.53. The summed E-state index contributed by atoms with van der Waals surface area (Å²) in [6, 6.07) is 3.55. The van der Waals surface area contributed by atoms with Crippen LogP contribution in [0.3, 0.4) is 0 Å². The molecule has 1 amide bonds. The fourth-order valence-electron chi connectivity index (χ4n) is 3.07. The lowest BCUT2D eigenvalue weighted by Crippen LogP contribution is -3.27. The number of esters is 1. The number of amides is 1. The Bertz CT molecular complexity index is 749. The van der Waals surface area contributed by atoms with Crippen molar-refractivity contribution in [2.24, 2.45) is 0 Å². The van der Waals surface area contributed by atoms with Gasteiger partial charge in [-0.05, 0) is 19.1 Å². The monoisotopic (exact) mass is 379 g/mol. The van der Waals surface area contributed by atoms with Crippen molar-refractivity contribution >= 4 is 28.2 Å². The first-order valence-electron chi connectivity index (χ1n) is 8.85. The zero-order valence-electron chi connectivity index (χ0n) is 15.1. The van der Waals surface area contributed by atoms with Gasteiger partial charge in [-0.15, -0.1) is 11.3 Å². The highest BCUT2D eigenvalue weighted by Gasteiger charge is 2.26. The Morgan fingerprint density at radius 1 is 1.31 bits per heavy atom. The Morgan fingerprint density at radius 2 is 2.08 bits per heavy atom. The first-order valence-corrected chi connectivity index (χ1v) is 9.73. The quantitative estimate of drug-likeness (QED) is 0.594. The molecule has 140 valence electrons. The smallest absolute Gasteiger partial charge is 0.341 e. The van der Waals surface area contributed by atoms with Crippen molar-refractivity contribution in [3.63, 3.8) is 0 Å². The minimum absolute atomic E-state index is 0.0852. The van der Waals surface area contributed by atoms with Crippen LogP contribution >= 0.6 is 11.3 Å². The molecular weight excluding hydrogens is 354 g/mol. The molecule has 7 nitrogen and oxygen atoms in total. The van der Waals surface area contributed by atoms with E-state index in [1.807, 2.05) is 5.38 Å². The highest BCUT2D eigenvalue weighted by molar-refractivity contribution is 7.15. The Morgan fingerprint density at radius 3 is 2.73 bits per heavy atom. The highest BCUT2D eigenvalue weighted by atomic mass is 32.1. The second-order valence-electron chi connectivity index (χ2n) is 6.48. The molecule has 0 bridgehead atoms. The molecule has 3 rings (SSSR count). The predicted molar refractivity (Wildman–Crippen MR) is 98.8 cm³/mol. The molecule has 3 heterocycles. The number of thiophene rings is 1. The number of carbonyl (C=O) groups excluding carboxylic acids is 2. The van der Waals surface area contributed by atoms with Crippen LogP contribution in [0.15, 0.2) is 28.2 Å². The molecule has 8 heteroatoms. The standard InChI is InChI=1S/C18H23N3O4S/c1-3-24-18(23)16-13(14-5-4-10-25-14)12-26-17(16)19-15(22)11-21-8-6-20(2)7-9-21/h4-5,10,12H,3,6-9,11H2,1-2H3,(H,19,22)/p+2. The Labute approximate surface area is 156 Å². The van der Waals surface area contributed by atoms with E-state index in [0.717, 1.165) is 26.2 Å². The van der Waals surface area contributed by atoms with Crippen molar-refractivity contribution in [1.82, 2.24) is 0 Å². The van der Waals surface area contributed by atoms with Gasteiger partial charge < -0.3 is 24.3 Å². The summed E-state index contributed by atoms with van der Waals surface area (Å²) >= 11 is 1.31. The van der Waals surface area contributed by atoms with Crippen molar-refractivity contribution in [1.29, 1.82) is 0 Å². The van der Waals surface area contributed by atoms with Gasteiger partial charge in [0, 0.05) is 10.9 Å².